The standard InChI is InChI=1S/C29H21N5O2.Pt/c1-18-19(2)32-33-29(31-18)34-26-10-5-4-9-24(26)25-12-11-21(16-27(25)34)20-7-6-8-23(15-20)36-28-17-22(35-3)13-14-30-28;/h4-14,17H,1-3H3;/q-2;+2. The van der Waals surface area contributed by atoms with Crippen molar-refractivity contribution in [2.24, 2.45) is 0 Å². The number of pyridine rings is 1. The van der Waals surface area contributed by atoms with Crippen molar-refractivity contribution < 1.29 is 30.5 Å². The number of ether oxygens (including phenoxy) is 2. The fraction of sp³-hybridized carbons (Fsp3) is 0.103. The molecule has 0 amide bonds. The number of benzene rings is 3. The van der Waals surface area contributed by atoms with Crippen LogP contribution in [0.3, 0.4) is 0 Å². The van der Waals surface area contributed by atoms with Gasteiger partial charge in [0.05, 0.1) is 18.5 Å². The monoisotopic (exact) mass is 666 g/mol. The first-order valence-corrected chi connectivity index (χ1v) is 11.4. The second kappa shape index (κ2) is 10.1. The Labute approximate surface area is 228 Å². The molecular formula is C29H21N5O2Pt. The van der Waals surface area contributed by atoms with Crippen LogP contribution in [0.5, 0.6) is 17.4 Å². The van der Waals surface area contributed by atoms with E-state index in [1.54, 1.807) is 25.4 Å². The Hall–Kier alpha value is -4.09. The third-order valence-electron chi connectivity index (χ3n) is 6.08. The molecule has 0 radical (unpaired) electrons. The van der Waals surface area contributed by atoms with E-state index in [4.69, 9.17) is 14.5 Å². The Balaban J connectivity index is 0.00000280. The van der Waals surface area contributed by atoms with E-state index in [9.17, 15) is 0 Å². The van der Waals surface area contributed by atoms with E-state index >= 15 is 0 Å². The van der Waals surface area contributed by atoms with Gasteiger partial charge in [0.15, 0.2) is 0 Å². The molecule has 0 aliphatic carbocycles. The van der Waals surface area contributed by atoms with Crippen molar-refractivity contribution in [3.8, 4) is 34.5 Å². The van der Waals surface area contributed by atoms with E-state index in [-0.39, 0.29) is 21.1 Å². The third kappa shape index (κ3) is 4.58. The number of hydrogen-bond acceptors (Lipinski definition) is 6. The van der Waals surface area contributed by atoms with E-state index in [2.05, 4.69) is 45.5 Å². The maximum Gasteiger partial charge on any atom is 2.00 e. The minimum Gasteiger partial charge on any atom is -0.497 e. The van der Waals surface area contributed by atoms with Crippen molar-refractivity contribution in [3.05, 3.63) is 96.4 Å². The van der Waals surface area contributed by atoms with Crippen LogP contribution < -0.4 is 9.47 Å². The molecule has 3 aromatic heterocycles. The van der Waals surface area contributed by atoms with Crippen molar-refractivity contribution in [3.63, 3.8) is 0 Å². The summed E-state index contributed by atoms with van der Waals surface area (Å²) in [5.41, 5.74) is 5.22. The molecule has 0 saturated heterocycles. The topological polar surface area (TPSA) is 75.0 Å². The second-order valence-electron chi connectivity index (χ2n) is 8.33. The van der Waals surface area contributed by atoms with Crippen LogP contribution in [0.4, 0.5) is 0 Å². The van der Waals surface area contributed by atoms with Crippen molar-refractivity contribution in [1.29, 1.82) is 0 Å². The SMILES string of the molecule is COc1ccnc(Oc2[c-]c(-c3[c-]c4c(cc3)c3ccccc3n4-c3nnc(C)c(C)n3)ccc2)c1.[Pt+2]. The summed E-state index contributed by atoms with van der Waals surface area (Å²) in [6.07, 6.45) is 1.64. The number of para-hydroxylation sites is 1. The maximum atomic E-state index is 5.94. The molecule has 0 N–H and O–H groups in total. The van der Waals surface area contributed by atoms with Crippen molar-refractivity contribution in [2.75, 3.05) is 7.11 Å². The second-order valence-corrected chi connectivity index (χ2v) is 8.33. The smallest absolute Gasteiger partial charge is 0.497 e. The Morgan fingerprint density at radius 2 is 1.65 bits per heavy atom. The molecular weight excluding hydrogens is 645 g/mol. The summed E-state index contributed by atoms with van der Waals surface area (Å²) >= 11 is 0. The molecule has 6 rings (SSSR count). The summed E-state index contributed by atoms with van der Waals surface area (Å²) in [5, 5.41) is 10.9. The molecule has 184 valence electrons. The molecule has 0 spiro atoms. The van der Waals surface area contributed by atoms with Crippen LogP contribution >= 0.6 is 0 Å². The summed E-state index contributed by atoms with van der Waals surface area (Å²) < 4.78 is 13.2. The Bertz CT molecular complexity index is 1750. The molecule has 0 aliphatic heterocycles. The van der Waals surface area contributed by atoms with Crippen LogP contribution in [0.25, 0.3) is 38.9 Å². The van der Waals surface area contributed by atoms with Gasteiger partial charge in [0.25, 0.3) is 5.95 Å². The first-order chi connectivity index (χ1) is 17.6. The number of methoxy groups -OCH3 is 1. The molecule has 0 saturated carbocycles. The molecule has 3 heterocycles. The maximum absolute atomic E-state index is 5.94. The van der Waals surface area contributed by atoms with E-state index in [0.29, 0.717) is 23.3 Å². The van der Waals surface area contributed by atoms with Crippen LogP contribution in [-0.4, -0.2) is 31.8 Å². The Kier molecular flexibility index (Phi) is 6.72. The zero-order chi connectivity index (χ0) is 24.6. The average Bonchev–Trinajstić information content (AvgIpc) is 3.24. The quantitative estimate of drug-likeness (QED) is 0.209. The van der Waals surface area contributed by atoms with Gasteiger partial charge in [-0.05, 0) is 36.9 Å². The summed E-state index contributed by atoms with van der Waals surface area (Å²) in [6.45, 7) is 3.84. The van der Waals surface area contributed by atoms with E-state index in [1.807, 2.05) is 54.8 Å². The predicted octanol–water partition coefficient (Wildman–Crippen LogP) is 6.05. The molecule has 0 unspecified atom stereocenters. The zero-order valence-electron chi connectivity index (χ0n) is 20.3. The predicted molar refractivity (Wildman–Crippen MR) is 138 cm³/mol. The van der Waals surface area contributed by atoms with Crippen LogP contribution in [0.2, 0.25) is 0 Å². The summed E-state index contributed by atoms with van der Waals surface area (Å²) in [6, 6.07) is 28.5. The molecule has 6 aromatic rings. The number of hydrogen-bond donors (Lipinski definition) is 0. The van der Waals surface area contributed by atoms with Gasteiger partial charge < -0.3 is 9.47 Å². The zero-order valence-corrected chi connectivity index (χ0v) is 22.6. The number of rotatable bonds is 5. The Morgan fingerprint density at radius 3 is 2.49 bits per heavy atom. The van der Waals surface area contributed by atoms with E-state index in [1.165, 1.54) is 0 Å². The van der Waals surface area contributed by atoms with Gasteiger partial charge in [-0.15, -0.1) is 23.3 Å². The first kappa shape index (κ1) is 24.6. The fourth-order valence-electron chi connectivity index (χ4n) is 4.15. The molecule has 0 bridgehead atoms. The first-order valence-electron chi connectivity index (χ1n) is 11.4. The third-order valence-corrected chi connectivity index (χ3v) is 6.08. The van der Waals surface area contributed by atoms with Gasteiger partial charge in [0.2, 0.25) is 5.88 Å². The number of nitrogens with zero attached hydrogens (tertiary/aromatic N) is 5. The minimum absolute atomic E-state index is 0. The average molecular weight is 667 g/mol. The fourth-order valence-corrected chi connectivity index (χ4v) is 4.15. The van der Waals surface area contributed by atoms with Crippen LogP contribution in [0, 0.1) is 26.0 Å². The van der Waals surface area contributed by atoms with Gasteiger partial charge in [-0.25, -0.2) is 21.1 Å². The summed E-state index contributed by atoms with van der Waals surface area (Å²) in [4.78, 5) is 8.97. The molecule has 8 heteroatoms. The molecule has 0 atom stereocenters. The van der Waals surface area contributed by atoms with Crippen LogP contribution in [0.15, 0.2) is 72.9 Å². The van der Waals surface area contributed by atoms with Crippen molar-refractivity contribution >= 4 is 21.8 Å². The van der Waals surface area contributed by atoms with Gasteiger partial charge in [0, 0.05) is 23.5 Å². The molecule has 3 aromatic carbocycles. The molecule has 0 aliphatic rings. The van der Waals surface area contributed by atoms with Gasteiger partial charge in [0.1, 0.15) is 5.75 Å². The molecule has 0 fully saturated rings. The summed E-state index contributed by atoms with van der Waals surface area (Å²) in [7, 11) is 1.61. The van der Waals surface area contributed by atoms with Gasteiger partial charge in [-0.2, -0.15) is 29.4 Å². The van der Waals surface area contributed by atoms with Crippen molar-refractivity contribution in [2.45, 2.75) is 13.8 Å². The van der Waals surface area contributed by atoms with Gasteiger partial charge in [-0.3, -0.25) is 4.57 Å². The van der Waals surface area contributed by atoms with Crippen LogP contribution in [0.1, 0.15) is 11.4 Å². The number of aromatic nitrogens is 5. The summed E-state index contributed by atoms with van der Waals surface area (Å²) in [5.74, 6) is 2.17. The molecule has 7 nitrogen and oxygen atoms in total. The minimum atomic E-state index is 0. The normalized spacial score (nSPS) is 10.9. The Morgan fingerprint density at radius 1 is 0.811 bits per heavy atom. The number of aryl methyl sites for hydroxylation is 2. The van der Waals surface area contributed by atoms with E-state index in [0.717, 1.165) is 44.3 Å². The largest absolute Gasteiger partial charge is 2.00 e. The molecule has 37 heavy (non-hydrogen) atoms. The van der Waals surface area contributed by atoms with Crippen LogP contribution in [-0.2, 0) is 21.1 Å². The number of fused-ring (bicyclic) bond motifs is 3. The van der Waals surface area contributed by atoms with Gasteiger partial charge >= 0.3 is 21.1 Å². The van der Waals surface area contributed by atoms with E-state index < -0.39 is 0 Å². The van der Waals surface area contributed by atoms with Crippen molar-refractivity contribution in [1.82, 2.24) is 24.7 Å². The van der Waals surface area contributed by atoms with Gasteiger partial charge in [-0.1, -0.05) is 23.6 Å².